The minimum Gasteiger partial charge on any atom is -0.368 e. The standard InChI is InChI=1S/C19H24ClN5O/c1-14(2)12-21-19(26)17-11-18(23-13-22-17)25-8-6-24(7-9-25)16-5-3-4-15(20)10-16/h3-5,10-11,13-14H,6-9,12H2,1-2H3,(H,21,26). The highest BCUT2D eigenvalue weighted by atomic mass is 35.5. The number of amides is 1. The molecule has 0 radical (unpaired) electrons. The molecule has 0 atom stereocenters. The molecule has 2 heterocycles. The van der Waals surface area contributed by atoms with E-state index in [1.54, 1.807) is 6.07 Å². The molecule has 0 aliphatic carbocycles. The lowest BCUT2D eigenvalue weighted by Crippen LogP contribution is -2.47. The molecule has 1 amide bonds. The van der Waals surface area contributed by atoms with Gasteiger partial charge in [-0.3, -0.25) is 4.79 Å². The molecular formula is C19H24ClN5O. The van der Waals surface area contributed by atoms with E-state index in [2.05, 4.69) is 45.0 Å². The highest BCUT2D eigenvalue weighted by molar-refractivity contribution is 6.30. The number of carbonyl (C=O) groups is 1. The average molecular weight is 374 g/mol. The van der Waals surface area contributed by atoms with E-state index in [0.29, 0.717) is 18.2 Å². The fourth-order valence-electron chi connectivity index (χ4n) is 2.90. The zero-order valence-electron chi connectivity index (χ0n) is 15.2. The SMILES string of the molecule is CC(C)CNC(=O)c1cc(N2CCN(c3cccc(Cl)c3)CC2)ncn1. The van der Waals surface area contributed by atoms with E-state index >= 15 is 0 Å². The molecule has 1 fully saturated rings. The van der Waals surface area contributed by atoms with Crippen LogP contribution in [0.2, 0.25) is 5.02 Å². The molecule has 26 heavy (non-hydrogen) atoms. The molecule has 0 unspecified atom stereocenters. The Labute approximate surface area is 159 Å². The van der Waals surface area contributed by atoms with Crippen molar-refractivity contribution in [1.82, 2.24) is 15.3 Å². The van der Waals surface area contributed by atoms with Gasteiger partial charge in [0.1, 0.15) is 17.8 Å². The van der Waals surface area contributed by atoms with Gasteiger partial charge in [-0.1, -0.05) is 31.5 Å². The van der Waals surface area contributed by atoms with Gasteiger partial charge in [0.15, 0.2) is 0 Å². The first-order valence-corrected chi connectivity index (χ1v) is 9.26. The van der Waals surface area contributed by atoms with Crippen LogP contribution < -0.4 is 15.1 Å². The number of nitrogens with zero attached hydrogens (tertiary/aromatic N) is 4. The van der Waals surface area contributed by atoms with Gasteiger partial charge in [-0.05, 0) is 24.1 Å². The molecule has 0 bridgehead atoms. The first-order chi connectivity index (χ1) is 12.5. The van der Waals surface area contributed by atoms with Gasteiger partial charge in [0.2, 0.25) is 0 Å². The molecule has 1 aromatic carbocycles. The molecule has 2 aromatic rings. The summed E-state index contributed by atoms with van der Waals surface area (Å²) in [6, 6.07) is 9.68. The van der Waals surface area contributed by atoms with Crippen molar-refractivity contribution < 1.29 is 4.79 Å². The van der Waals surface area contributed by atoms with E-state index in [4.69, 9.17) is 11.6 Å². The third-order valence-corrected chi connectivity index (χ3v) is 4.57. The van der Waals surface area contributed by atoms with Crippen LogP contribution in [0.25, 0.3) is 0 Å². The Morgan fingerprint density at radius 1 is 1.15 bits per heavy atom. The fraction of sp³-hybridized carbons (Fsp3) is 0.421. The van der Waals surface area contributed by atoms with Crippen LogP contribution >= 0.6 is 11.6 Å². The molecule has 1 saturated heterocycles. The number of halogens is 1. The van der Waals surface area contributed by atoms with Crippen molar-refractivity contribution in [3.63, 3.8) is 0 Å². The van der Waals surface area contributed by atoms with Crippen LogP contribution in [0.3, 0.4) is 0 Å². The topological polar surface area (TPSA) is 61.4 Å². The lowest BCUT2D eigenvalue weighted by atomic mass is 10.2. The summed E-state index contributed by atoms with van der Waals surface area (Å²) in [4.78, 5) is 25.2. The number of anilines is 2. The zero-order chi connectivity index (χ0) is 18.5. The summed E-state index contributed by atoms with van der Waals surface area (Å²) in [6.07, 6.45) is 1.46. The number of hydrogen-bond acceptors (Lipinski definition) is 5. The van der Waals surface area contributed by atoms with Gasteiger partial charge in [0.25, 0.3) is 5.91 Å². The van der Waals surface area contributed by atoms with Gasteiger partial charge in [0, 0.05) is 49.5 Å². The van der Waals surface area contributed by atoms with E-state index < -0.39 is 0 Å². The van der Waals surface area contributed by atoms with Crippen molar-refractivity contribution in [3.05, 3.63) is 47.4 Å². The van der Waals surface area contributed by atoms with Crippen molar-refractivity contribution in [3.8, 4) is 0 Å². The van der Waals surface area contributed by atoms with Gasteiger partial charge in [-0.15, -0.1) is 0 Å². The zero-order valence-corrected chi connectivity index (χ0v) is 15.9. The average Bonchev–Trinajstić information content (AvgIpc) is 2.66. The van der Waals surface area contributed by atoms with E-state index in [9.17, 15) is 4.79 Å². The molecule has 1 N–H and O–H groups in total. The Bertz CT molecular complexity index is 759. The maximum atomic E-state index is 12.2. The predicted molar refractivity (Wildman–Crippen MR) is 105 cm³/mol. The van der Waals surface area contributed by atoms with Crippen LogP contribution in [-0.2, 0) is 0 Å². The van der Waals surface area contributed by atoms with Gasteiger partial charge in [-0.25, -0.2) is 9.97 Å². The summed E-state index contributed by atoms with van der Waals surface area (Å²) >= 11 is 6.09. The molecule has 0 saturated carbocycles. The Kier molecular flexibility index (Phi) is 5.93. The molecule has 7 heteroatoms. The summed E-state index contributed by atoms with van der Waals surface area (Å²) in [5, 5.41) is 3.64. The number of carbonyl (C=O) groups excluding carboxylic acids is 1. The second kappa shape index (κ2) is 8.36. The number of hydrogen-bond donors (Lipinski definition) is 1. The summed E-state index contributed by atoms with van der Waals surface area (Å²) in [6.45, 7) is 8.16. The Morgan fingerprint density at radius 2 is 1.88 bits per heavy atom. The first kappa shape index (κ1) is 18.5. The van der Waals surface area contributed by atoms with E-state index in [1.165, 1.54) is 6.33 Å². The van der Waals surface area contributed by atoms with Crippen LogP contribution in [-0.4, -0.2) is 48.6 Å². The van der Waals surface area contributed by atoms with Crippen LogP contribution in [0.5, 0.6) is 0 Å². The fourth-order valence-corrected chi connectivity index (χ4v) is 3.08. The molecule has 1 aliphatic heterocycles. The van der Waals surface area contributed by atoms with Crippen LogP contribution in [0, 0.1) is 5.92 Å². The highest BCUT2D eigenvalue weighted by Gasteiger charge is 2.20. The monoisotopic (exact) mass is 373 g/mol. The molecule has 3 rings (SSSR count). The molecule has 1 aromatic heterocycles. The van der Waals surface area contributed by atoms with Crippen molar-refractivity contribution in [2.24, 2.45) is 5.92 Å². The van der Waals surface area contributed by atoms with Crippen LogP contribution in [0.15, 0.2) is 36.7 Å². The smallest absolute Gasteiger partial charge is 0.270 e. The summed E-state index contributed by atoms with van der Waals surface area (Å²) in [5.41, 5.74) is 1.54. The largest absolute Gasteiger partial charge is 0.368 e. The van der Waals surface area contributed by atoms with Crippen LogP contribution in [0.4, 0.5) is 11.5 Å². The van der Waals surface area contributed by atoms with Crippen molar-refractivity contribution in [1.29, 1.82) is 0 Å². The molecule has 0 spiro atoms. The minimum absolute atomic E-state index is 0.153. The number of benzene rings is 1. The third-order valence-electron chi connectivity index (χ3n) is 4.33. The Balaban J connectivity index is 1.62. The van der Waals surface area contributed by atoms with Gasteiger partial charge in [0.05, 0.1) is 0 Å². The molecule has 1 aliphatic rings. The van der Waals surface area contributed by atoms with Gasteiger partial charge < -0.3 is 15.1 Å². The van der Waals surface area contributed by atoms with Crippen molar-refractivity contribution >= 4 is 29.0 Å². The van der Waals surface area contributed by atoms with Gasteiger partial charge >= 0.3 is 0 Å². The van der Waals surface area contributed by atoms with E-state index in [1.807, 2.05) is 18.2 Å². The lowest BCUT2D eigenvalue weighted by molar-refractivity contribution is 0.0944. The molecular weight excluding hydrogens is 350 g/mol. The number of rotatable bonds is 5. The van der Waals surface area contributed by atoms with Crippen LogP contribution in [0.1, 0.15) is 24.3 Å². The number of aromatic nitrogens is 2. The third kappa shape index (κ3) is 4.64. The maximum Gasteiger partial charge on any atom is 0.270 e. The number of nitrogens with one attached hydrogen (secondary N) is 1. The predicted octanol–water partition coefficient (Wildman–Crippen LogP) is 2.84. The maximum absolute atomic E-state index is 12.2. The lowest BCUT2D eigenvalue weighted by Gasteiger charge is -2.36. The Morgan fingerprint density at radius 3 is 2.58 bits per heavy atom. The van der Waals surface area contributed by atoms with Crippen molar-refractivity contribution in [2.45, 2.75) is 13.8 Å². The first-order valence-electron chi connectivity index (χ1n) is 8.88. The second-order valence-electron chi connectivity index (χ2n) is 6.82. The quantitative estimate of drug-likeness (QED) is 0.873. The summed E-state index contributed by atoms with van der Waals surface area (Å²) in [5.74, 6) is 1.04. The molecule has 138 valence electrons. The van der Waals surface area contributed by atoms with E-state index in [-0.39, 0.29) is 5.91 Å². The molecule has 6 nitrogen and oxygen atoms in total. The Hall–Kier alpha value is -2.34. The van der Waals surface area contributed by atoms with E-state index in [0.717, 1.165) is 42.7 Å². The summed E-state index contributed by atoms with van der Waals surface area (Å²) < 4.78 is 0. The second-order valence-corrected chi connectivity index (χ2v) is 7.26. The summed E-state index contributed by atoms with van der Waals surface area (Å²) in [7, 11) is 0. The normalized spacial score (nSPS) is 14.6. The highest BCUT2D eigenvalue weighted by Crippen LogP contribution is 2.22. The minimum atomic E-state index is -0.153. The van der Waals surface area contributed by atoms with Gasteiger partial charge in [-0.2, -0.15) is 0 Å². The van der Waals surface area contributed by atoms with Crippen molar-refractivity contribution in [2.75, 3.05) is 42.5 Å². The number of piperazine rings is 1.